The first-order chi connectivity index (χ1) is 29.2. The minimum Gasteiger partial charge on any atom is -0.488 e. The number of nitrogens with one attached hydrogen (secondary N) is 3. The van der Waals surface area contributed by atoms with Crippen molar-refractivity contribution in [3.8, 4) is 28.1 Å². The summed E-state index contributed by atoms with van der Waals surface area (Å²) in [6.07, 6.45) is 3.77. The van der Waals surface area contributed by atoms with Crippen molar-refractivity contribution in [1.29, 1.82) is 0 Å². The van der Waals surface area contributed by atoms with Crippen molar-refractivity contribution in [3.63, 3.8) is 0 Å². The lowest BCUT2D eigenvalue weighted by Crippen LogP contribution is -2.56. The Morgan fingerprint density at radius 1 is 0.967 bits per heavy atom. The first-order valence-corrected chi connectivity index (χ1v) is 20.9. The highest BCUT2D eigenvalue weighted by atomic mass is 16.9. The number of amides is 2. The second kappa shape index (κ2) is 15.8. The lowest BCUT2D eigenvalue weighted by Gasteiger charge is -2.35. The number of hydrogen-bond acceptors (Lipinski definition) is 10. The van der Waals surface area contributed by atoms with E-state index in [2.05, 4.69) is 57.7 Å². The Morgan fingerprint density at radius 2 is 1.82 bits per heavy atom. The van der Waals surface area contributed by atoms with E-state index in [1.807, 2.05) is 60.2 Å². The third-order valence-electron chi connectivity index (χ3n) is 12.6. The number of aromatic amines is 2. The Balaban J connectivity index is 0.901. The van der Waals surface area contributed by atoms with Crippen LogP contribution in [0.5, 0.6) is 5.75 Å². The predicted molar refractivity (Wildman–Crippen MR) is 225 cm³/mol. The van der Waals surface area contributed by atoms with Gasteiger partial charge < -0.3 is 44.4 Å². The molecule has 5 N–H and O–H groups in total. The van der Waals surface area contributed by atoms with Gasteiger partial charge in [-0.25, -0.2) is 9.97 Å². The quantitative estimate of drug-likeness (QED) is 0.114. The topological polar surface area (TPSA) is 173 Å². The van der Waals surface area contributed by atoms with Crippen LogP contribution < -0.4 is 15.8 Å². The molecule has 3 fully saturated rings. The highest BCUT2D eigenvalue weighted by Gasteiger charge is 2.41. The van der Waals surface area contributed by atoms with Crippen molar-refractivity contribution >= 4 is 33.6 Å². The lowest BCUT2D eigenvalue weighted by molar-refractivity contribution is -0.335. The number of carbonyl (C=O) groups is 2. The van der Waals surface area contributed by atoms with Crippen LogP contribution in [0.15, 0.2) is 79.0 Å². The molecule has 0 aliphatic carbocycles. The molecule has 5 atom stereocenters. The number of imidazole rings is 2. The first-order valence-electron chi connectivity index (χ1n) is 20.9. The number of H-pyrrole nitrogens is 2. The Labute approximate surface area is 347 Å². The normalized spacial score (nSPS) is 21.2. The fourth-order valence-corrected chi connectivity index (χ4v) is 9.47. The lowest BCUT2D eigenvalue weighted by atomic mass is 9.92. The molecule has 310 valence electrons. The minimum absolute atomic E-state index is 0.0305. The summed E-state index contributed by atoms with van der Waals surface area (Å²) in [5.74, 6) is 2.45. The van der Waals surface area contributed by atoms with Crippen molar-refractivity contribution < 1.29 is 28.5 Å². The Kier molecular flexibility index (Phi) is 10.1. The Bertz CT molecular complexity index is 2570. The second-order valence-electron chi connectivity index (χ2n) is 16.8. The zero-order chi connectivity index (χ0) is 41.1. The van der Waals surface area contributed by atoms with Crippen LogP contribution in [-0.2, 0) is 30.4 Å². The monoisotopic (exact) mass is 810 g/mol. The predicted octanol–water partition coefficient (Wildman–Crippen LogP) is 6.47. The van der Waals surface area contributed by atoms with E-state index in [-0.39, 0.29) is 42.5 Å². The van der Waals surface area contributed by atoms with E-state index in [0.717, 1.165) is 92.0 Å². The number of nitrogens with two attached hydrogens (primary N) is 1. The van der Waals surface area contributed by atoms with Gasteiger partial charge >= 0.3 is 0 Å². The maximum atomic E-state index is 13.9. The average molecular weight is 811 g/mol. The number of nitrogens with zero attached hydrogens (tertiary/aromatic N) is 4. The molecular formula is C46H50N8O6. The molecule has 14 heteroatoms. The molecule has 0 radical (unpaired) electrons. The van der Waals surface area contributed by atoms with Crippen molar-refractivity contribution in [2.45, 2.75) is 70.3 Å². The molecule has 6 aromatic rings. The van der Waals surface area contributed by atoms with E-state index in [4.69, 9.17) is 34.6 Å². The molecule has 6 heterocycles. The number of methoxy groups -OCH3 is 1. The molecule has 3 saturated heterocycles. The number of likely N-dealkylation sites (tertiary alicyclic amines) is 2. The molecule has 0 spiro atoms. The van der Waals surface area contributed by atoms with Crippen molar-refractivity contribution in [2.75, 3.05) is 33.6 Å². The van der Waals surface area contributed by atoms with Gasteiger partial charge in [0.15, 0.2) is 6.79 Å². The fourth-order valence-electron chi connectivity index (χ4n) is 9.47. The van der Waals surface area contributed by atoms with Crippen LogP contribution in [-0.4, -0.2) is 87.6 Å². The molecule has 14 nitrogen and oxygen atoms in total. The average Bonchev–Trinajstić information content (AvgIpc) is 4.08. The molecular weight excluding hydrogens is 761 g/mol. The van der Waals surface area contributed by atoms with Crippen LogP contribution in [0.2, 0.25) is 0 Å². The summed E-state index contributed by atoms with van der Waals surface area (Å²) in [5.41, 5.74) is 14.2. The van der Waals surface area contributed by atoms with Crippen molar-refractivity contribution in [3.05, 3.63) is 102 Å². The number of hydrogen-bond donors (Lipinski definition) is 4. The summed E-state index contributed by atoms with van der Waals surface area (Å²) in [5, 5.41) is 5.23. The fraction of sp³-hybridized carbons (Fsp3) is 0.391. The van der Waals surface area contributed by atoms with Crippen molar-refractivity contribution in [1.82, 2.24) is 35.1 Å². The molecule has 4 aliphatic rings. The van der Waals surface area contributed by atoms with Crippen LogP contribution in [0.3, 0.4) is 0 Å². The van der Waals surface area contributed by atoms with Gasteiger partial charge in [-0.05, 0) is 77.1 Å². The highest BCUT2D eigenvalue weighted by molar-refractivity contribution is 6.07. The number of aromatic nitrogens is 4. The van der Waals surface area contributed by atoms with Gasteiger partial charge in [-0.1, -0.05) is 62.4 Å². The molecule has 2 amide bonds. The third-order valence-corrected chi connectivity index (χ3v) is 12.6. The summed E-state index contributed by atoms with van der Waals surface area (Å²) >= 11 is 0. The van der Waals surface area contributed by atoms with Crippen LogP contribution >= 0.6 is 0 Å². The minimum atomic E-state index is -0.769. The smallest absolute Gasteiger partial charge is 0.244 e. The maximum Gasteiger partial charge on any atom is 0.244 e. The first kappa shape index (κ1) is 38.6. The zero-order valence-electron chi connectivity index (χ0n) is 34.0. The van der Waals surface area contributed by atoms with Gasteiger partial charge in [0.2, 0.25) is 18.2 Å². The summed E-state index contributed by atoms with van der Waals surface area (Å²) < 4.78 is 22.7. The van der Waals surface area contributed by atoms with Gasteiger partial charge in [-0.2, -0.15) is 0 Å². The van der Waals surface area contributed by atoms with E-state index < -0.39 is 18.5 Å². The van der Waals surface area contributed by atoms with Crippen LogP contribution in [0, 0.1) is 11.8 Å². The molecule has 4 aliphatic heterocycles. The van der Waals surface area contributed by atoms with Gasteiger partial charge in [0.1, 0.15) is 30.0 Å². The molecule has 0 saturated carbocycles. The largest absolute Gasteiger partial charge is 0.488 e. The SMILES string of the molecule is COC[C@H]1C[C@@H](c2nc3c(ccc4cc5c(cc43)OCc3cc(-c4cnc([C@@H]6CCCN6C(=O)[C@@H](NC6OCO6)C(C)C)[nH]4)ccc3-5)[nH]2)N(C(=O)[C@H](N)c2ccccc2)C1. The van der Waals surface area contributed by atoms with Gasteiger partial charge in [0.05, 0.1) is 47.7 Å². The molecule has 2 aromatic heterocycles. The van der Waals surface area contributed by atoms with E-state index in [1.54, 1.807) is 7.11 Å². The van der Waals surface area contributed by atoms with E-state index in [0.29, 0.717) is 26.3 Å². The zero-order valence-corrected chi connectivity index (χ0v) is 34.0. The molecule has 60 heavy (non-hydrogen) atoms. The van der Waals surface area contributed by atoms with E-state index >= 15 is 0 Å². The number of benzene rings is 4. The third kappa shape index (κ3) is 6.91. The molecule has 0 unspecified atom stereocenters. The second-order valence-corrected chi connectivity index (χ2v) is 16.8. The maximum absolute atomic E-state index is 13.9. The summed E-state index contributed by atoms with van der Waals surface area (Å²) in [6, 6.07) is 22.8. The Hall–Kier alpha value is -5.64. The summed E-state index contributed by atoms with van der Waals surface area (Å²) in [4.78, 5) is 48.6. The van der Waals surface area contributed by atoms with Crippen molar-refractivity contribution in [2.24, 2.45) is 17.6 Å². The number of ether oxygens (including phenoxy) is 4. The van der Waals surface area contributed by atoms with Crippen LogP contribution in [0.1, 0.15) is 74.0 Å². The number of rotatable bonds is 11. The van der Waals surface area contributed by atoms with Gasteiger partial charge in [-0.15, -0.1) is 0 Å². The van der Waals surface area contributed by atoms with E-state index in [9.17, 15) is 9.59 Å². The summed E-state index contributed by atoms with van der Waals surface area (Å²) in [6.45, 7) is 6.47. The van der Waals surface area contributed by atoms with Gasteiger partial charge in [0, 0.05) is 37.1 Å². The Morgan fingerprint density at radius 3 is 2.60 bits per heavy atom. The molecule has 10 rings (SSSR count). The number of fused-ring (bicyclic) bond motifs is 6. The molecule has 4 aromatic carbocycles. The van der Waals surface area contributed by atoms with Gasteiger partial charge in [0.25, 0.3) is 0 Å². The van der Waals surface area contributed by atoms with E-state index in [1.165, 1.54) is 0 Å². The standard InChI is InChI=1S/C46H50N8O6/c1-25(2)40(52-46-59-24-60-46)45(56)53-15-7-10-36(53)42-48-20-35(50-42)29-11-13-31-30(17-29)23-58-38-19-32-28(18-33(31)38)12-14-34-41(32)51-43(49-34)37-16-26(22-57-3)21-54(37)44(55)39(47)27-8-5-4-6-9-27/h4-6,8-9,11-14,17-20,25-26,36-37,39-40,46,52H,7,10,15-16,21-24,47H2,1-3H3,(H,48,50)(H,49,51)/t26-,36-,37-,39+,40-/m0/s1. The van der Waals surface area contributed by atoms with Gasteiger partial charge in [-0.3, -0.25) is 14.9 Å². The number of carbonyl (C=O) groups excluding carboxylic acids is 2. The summed E-state index contributed by atoms with van der Waals surface area (Å²) in [7, 11) is 1.69. The van der Waals surface area contributed by atoms with Crippen LogP contribution in [0.4, 0.5) is 0 Å². The highest BCUT2D eigenvalue weighted by Crippen LogP contribution is 2.44. The van der Waals surface area contributed by atoms with Crippen LogP contribution in [0.25, 0.3) is 44.2 Å². The molecule has 0 bridgehead atoms.